The molecule has 0 radical (unpaired) electrons. The molecule has 2 aromatic rings. The number of rotatable bonds is 4. The van der Waals surface area contributed by atoms with E-state index in [-0.39, 0.29) is 11.6 Å². The molecule has 0 spiro atoms. The van der Waals surface area contributed by atoms with Crippen LogP contribution in [0.25, 0.3) is 10.9 Å². The number of fused-ring (bicyclic) bond motifs is 1. The van der Waals surface area contributed by atoms with Gasteiger partial charge in [0, 0.05) is 29.9 Å². The van der Waals surface area contributed by atoms with E-state index in [4.69, 9.17) is 4.74 Å². The second kappa shape index (κ2) is 5.77. The smallest absolute Gasteiger partial charge is 0.319 e. The van der Waals surface area contributed by atoms with E-state index >= 15 is 0 Å². The van der Waals surface area contributed by atoms with E-state index in [0.717, 1.165) is 42.3 Å². The molecule has 0 saturated heterocycles. The van der Waals surface area contributed by atoms with Gasteiger partial charge in [-0.3, -0.25) is 0 Å². The molecular weight excluding hydrogens is 266 g/mol. The highest BCUT2D eigenvalue weighted by molar-refractivity contribution is 5.93. The molecule has 3 N–H and O–H groups in total. The Hall–Kier alpha value is -2.01. The van der Waals surface area contributed by atoms with Crippen molar-refractivity contribution in [1.29, 1.82) is 0 Å². The summed E-state index contributed by atoms with van der Waals surface area (Å²) < 4.78 is 5.28. The normalized spacial score (nSPS) is 17.0. The van der Waals surface area contributed by atoms with Crippen molar-refractivity contribution in [3.05, 3.63) is 30.5 Å². The Kier molecular flexibility index (Phi) is 3.84. The number of benzene rings is 1. The number of nitrogens with one attached hydrogen (secondary N) is 3. The van der Waals surface area contributed by atoms with Crippen LogP contribution in [0.15, 0.2) is 30.5 Å². The quantitative estimate of drug-likeness (QED) is 0.808. The van der Waals surface area contributed by atoms with E-state index < -0.39 is 0 Å². The molecule has 0 aliphatic heterocycles. The summed E-state index contributed by atoms with van der Waals surface area (Å²) in [5, 5.41) is 7.10. The lowest BCUT2D eigenvalue weighted by Crippen LogP contribution is -2.51. The van der Waals surface area contributed by atoms with Crippen molar-refractivity contribution in [2.75, 3.05) is 19.0 Å². The molecule has 1 aliphatic rings. The van der Waals surface area contributed by atoms with Crippen molar-refractivity contribution in [3.8, 4) is 0 Å². The number of hydrogen-bond donors (Lipinski definition) is 3. The van der Waals surface area contributed by atoms with Crippen LogP contribution in [0.5, 0.6) is 0 Å². The van der Waals surface area contributed by atoms with Crippen molar-refractivity contribution < 1.29 is 9.53 Å². The van der Waals surface area contributed by atoms with Crippen molar-refractivity contribution in [2.24, 2.45) is 0 Å². The molecule has 1 heterocycles. The maximum absolute atomic E-state index is 12.2. The van der Waals surface area contributed by atoms with Gasteiger partial charge in [0.1, 0.15) is 0 Å². The minimum absolute atomic E-state index is 0.163. The highest BCUT2D eigenvalue weighted by Crippen LogP contribution is 2.30. The van der Waals surface area contributed by atoms with E-state index in [1.165, 1.54) is 0 Å². The van der Waals surface area contributed by atoms with Gasteiger partial charge in [-0.2, -0.15) is 0 Å². The van der Waals surface area contributed by atoms with Gasteiger partial charge in [-0.15, -0.1) is 0 Å². The lowest BCUT2D eigenvalue weighted by atomic mass is 9.99. The first-order valence-corrected chi connectivity index (χ1v) is 7.36. The van der Waals surface area contributed by atoms with Crippen LogP contribution in [-0.2, 0) is 4.74 Å². The fraction of sp³-hybridized carbons (Fsp3) is 0.438. The molecule has 1 fully saturated rings. The van der Waals surface area contributed by atoms with Gasteiger partial charge < -0.3 is 20.4 Å². The molecule has 5 nitrogen and oxygen atoms in total. The summed E-state index contributed by atoms with van der Waals surface area (Å²) in [6.07, 6.45) is 6.12. The summed E-state index contributed by atoms with van der Waals surface area (Å²) in [6.45, 7) is 0.567. The van der Waals surface area contributed by atoms with Crippen molar-refractivity contribution >= 4 is 22.6 Å². The summed E-state index contributed by atoms with van der Waals surface area (Å²) in [5.74, 6) is 0. The second-order valence-corrected chi connectivity index (χ2v) is 5.78. The number of carbonyl (C=O) groups is 1. The van der Waals surface area contributed by atoms with Crippen LogP contribution in [-0.4, -0.2) is 30.3 Å². The zero-order chi connectivity index (χ0) is 14.7. The van der Waals surface area contributed by atoms with Gasteiger partial charge >= 0.3 is 6.03 Å². The maximum atomic E-state index is 12.2. The molecule has 1 aromatic heterocycles. The minimum atomic E-state index is -0.211. The number of methoxy groups -OCH3 is 1. The summed E-state index contributed by atoms with van der Waals surface area (Å²) in [6, 6.07) is 7.65. The highest BCUT2D eigenvalue weighted by atomic mass is 16.5. The SMILES string of the molecule is COCC1(NC(=O)Nc2ccc3[nH]ccc3c2)CCCC1. The highest BCUT2D eigenvalue weighted by Gasteiger charge is 2.35. The Balaban J connectivity index is 1.67. The number of amides is 2. The van der Waals surface area contributed by atoms with Crippen LogP contribution in [0.4, 0.5) is 10.5 Å². The van der Waals surface area contributed by atoms with Crippen LogP contribution in [0.3, 0.4) is 0 Å². The maximum Gasteiger partial charge on any atom is 0.319 e. The van der Waals surface area contributed by atoms with E-state index in [2.05, 4.69) is 15.6 Å². The number of H-pyrrole nitrogens is 1. The Labute approximate surface area is 124 Å². The lowest BCUT2D eigenvalue weighted by molar-refractivity contribution is 0.117. The zero-order valence-electron chi connectivity index (χ0n) is 12.2. The molecule has 3 rings (SSSR count). The number of hydrogen-bond acceptors (Lipinski definition) is 2. The number of ether oxygens (including phenoxy) is 1. The number of anilines is 1. The molecule has 0 atom stereocenters. The molecular formula is C16H21N3O2. The standard InChI is InChI=1S/C16H21N3O2/c1-21-11-16(7-2-3-8-16)19-15(20)18-13-4-5-14-12(10-13)6-9-17-14/h4-6,9-10,17H,2-3,7-8,11H2,1H3,(H2,18,19,20). The van der Waals surface area contributed by atoms with Gasteiger partial charge in [0.2, 0.25) is 0 Å². The van der Waals surface area contributed by atoms with Gasteiger partial charge in [0.25, 0.3) is 0 Å². The van der Waals surface area contributed by atoms with Crippen LogP contribution in [0, 0.1) is 0 Å². The minimum Gasteiger partial charge on any atom is -0.382 e. The molecule has 1 aliphatic carbocycles. The summed E-state index contributed by atoms with van der Waals surface area (Å²) in [5.41, 5.74) is 1.65. The summed E-state index contributed by atoms with van der Waals surface area (Å²) in [7, 11) is 1.68. The fourth-order valence-corrected chi connectivity index (χ4v) is 3.17. The lowest BCUT2D eigenvalue weighted by Gasteiger charge is -2.29. The van der Waals surface area contributed by atoms with Crippen molar-refractivity contribution in [2.45, 2.75) is 31.2 Å². The Bertz CT molecular complexity index is 629. The van der Waals surface area contributed by atoms with E-state index in [1.807, 2.05) is 30.5 Å². The molecule has 112 valence electrons. The molecule has 2 amide bonds. The van der Waals surface area contributed by atoms with Crippen LogP contribution < -0.4 is 10.6 Å². The Morgan fingerprint density at radius 3 is 2.90 bits per heavy atom. The first kappa shape index (κ1) is 13.9. The van der Waals surface area contributed by atoms with Gasteiger partial charge in [-0.1, -0.05) is 12.8 Å². The Morgan fingerprint density at radius 1 is 1.33 bits per heavy atom. The number of carbonyl (C=O) groups excluding carboxylic acids is 1. The second-order valence-electron chi connectivity index (χ2n) is 5.78. The molecule has 5 heteroatoms. The third-order valence-electron chi connectivity index (χ3n) is 4.17. The number of urea groups is 1. The predicted molar refractivity (Wildman–Crippen MR) is 83.5 cm³/mol. The molecule has 21 heavy (non-hydrogen) atoms. The third-order valence-corrected chi connectivity index (χ3v) is 4.17. The van der Waals surface area contributed by atoms with Crippen molar-refractivity contribution in [1.82, 2.24) is 10.3 Å². The topological polar surface area (TPSA) is 66.2 Å². The first-order chi connectivity index (χ1) is 10.2. The number of aromatic amines is 1. The van der Waals surface area contributed by atoms with Crippen molar-refractivity contribution in [3.63, 3.8) is 0 Å². The van der Waals surface area contributed by atoms with Gasteiger partial charge in [-0.05, 0) is 37.1 Å². The first-order valence-electron chi connectivity index (χ1n) is 7.36. The average Bonchev–Trinajstić information content (AvgIpc) is 3.08. The average molecular weight is 287 g/mol. The zero-order valence-corrected chi connectivity index (χ0v) is 12.2. The molecule has 1 saturated carbocycles. The third kappa shape index (κ3) is 3.03. The van der Waals surface area contributed by atoms with Crippen LogP contribution in [0.2, 0.25) is 0 Å². The largest absolute Gasteiger partial charge is 0.382 e. The summed E-state index contributed by atoms with van der Waals surface area (Å²) >= 11 is 0. The molecule has 1 aromatic carbocycles. The van der Waals surface area contributed by atoms with E-state index in [0.29, 0.717) is 6.61 Å². The van der Waals surface area contributed by atoms with Crippen LogP contribution >= 0.6 is 0 Å². The van der Waals surface area contributed by atoms with Crippen LogP contribution in [0.1, 0.15) is 25.7 Å². The molecule has 0 unspecified atom stereocenters. The van der Waals surface area contributed by atoms with Gasteiger partial charge in [-0.25, -0.2) is 4.79 Å². The Morgan fingerprint density at radius 2 is 2.14 bits per heavy atom. The van der Waals surface area contributed by atoms with E-state index in [9.17, 15) is 4.79 Å². The predicted octanol–water partition coefficient (Wildman–Crippen LogP) is 3.25. The van der Waals surface area contributed by atoms with Gasteiger partial charge in [0.15, 0.2) is 0 Å². The fourth-order valence-electron chi connectivity index (χ4n) is 3.17. The van der Waals surface area contributed by atoms with E-state index in [1.54, 1.807) is 7.11 Å². The van der Waals surface area contributed by atoms with Gasteiger partial charge in [0.05, 0.1) is 12.1 Å². The summed E-state index contributed by atoms with van der Waals surface area (Å²) in [4.78, 5) is 15.4. The monoisotopic (exact) mass is 287 g/mol. The molecule has 0 bridgehead atoms. The number of aromatic nitrogens is 1.